The Morgan fingerprint density at radius 2 is 0.857 bits per heavy atom. The van der Waals surface area contributed by atoms with E-state index in [1.807, 2.05) is 50.2 Å². The largest absolute Gasteiger partial charge is 0.311 e. The van der Waals surface area contributed by atoms with E-state index in [0.29, 0.717) is 0 Å². The Kier molecular flexibility index (Phi) is 6.49. The lowest BCUT2D eigenvalue weighted by atomic mass is 10.1. The number of hydrogen-bond donors (Lipinski definition) is 1. The normalized spacial score (nSPS) is 9.11. The number of hydrogen-bond acceptors (Lipinski definition) is 2. The Hall–Kier alpha value is -3.51. The molecule has 0 fully saturated rings. The summed E-state index contributed by atoms with van der Waals surface area (Å²) in [7, 11) is 0. The zero-order valence-electron chi connectivity index (χ0n) is 15.8. The quantitative estimate of drug-likeness (QED) is 0.424. The van der Waals surface area contributed by atoms with Gasteiger partial charge in [-0.3, -0.25) is 0 Å². The highest BCUT2D eigenvalue weighted by Gasteiger charge is 2.12. The van der Waals surface area contributed by atoms with Gasteiger partial charge in [0.05, 0.1) is 0 Å². The summed E-state index contributed by atoms with van der Waals surface area (Å²) < 4.78 is 0. The zero-order chi connectivity index (χ0) is 19.8. The molecular formula is C26H19NS. The lowest BCUT2D eigenvalue weighted by Gasteiger charge is -2.25. The Morgan fingerprint density at radius 3 is 1.14 bits per heavy atom. The second kappa shape index (κ2) is 9.43. The summed E-state index contributed by atoms with van der Waals surface area (Å²) in [5.41, 5.74) is 6.10. The molecule has 0 amide bonds. The van der Waals surface area contributed by atoms with Crippen molar-refractivity contribution >= 4 is 29.7 Å². The average Bonchev–Trinajstić information content (AvgIpc) is 2.73. The van der Waals surface area contributed by atoms with Crippen LogP contribution >= 0.6 is 12.6 Å². The molecule has 1 nitrogen and oxygen atoms in total. The van der Waals surface area contributed by atoms with E-state index in [9.17, 15) is 0 Å². The number of thiol groups is 1. The van der Waals surface area contributed by atoms with Crippen molar-refractivity contribution in [3.8, 4) is 34.9 Å². The highest BCUT2D eigenvalue weighted by molar-refractivity contribution is 7.85. The Balaban J connectivity index is 2.07. The number of anilines is 3. The fraction of sp³-hybridized carbons (Fsp3) is 0.0769. The van der Waals surface area contributed by atoms with E-state index in [1.54, 1.807) is 0 Å². The Bertz CT molecular complexity index is 971. The molecular weight excluding hydrogens is 358 g/mol. The zero-order valence-corrected chi connectivity index (χ0v) is 16.7. The van der Waals surface area contributed by atoms with Gasteiger partial charge >= 0.3 is 0 Å². The van der Waals surface area contributed by atoms with E-state index in [0.717, 1.165) is 33.8 Å². The van der Waals surface area contributed by atoms with Crippen LogP contribution in [0.15, 0.2) is 72.8 Å². The van der Waals surface area contributed by atoms with Crippen molar-refractivity contribution < 1.29 is 0 Å². The fourth-order valence-corrected chi connectivity index (χ4v) is 3.01. The molecule has 0 spiro atoms. The van der Waals surface area contributed by atoms with E-state index in [4.69, 9.17) is 0 Å². The van der Waals surface area contributed by atoms with Crippen LogP contribution in [-0.4, -0.2) is 0 Å². The molecule has 0 radical (unpaired) electrons. The number of nitrogens with zero attached hydrogens (tertiary/aromatic N) is 1. The van der Waals surface area contributed by atoms with E-state index in [-0.39, 0.29) is 0 Å². The third kappa shape index (κ3) is 4.61. The lowest BCUT2D eigenvalue weighted by molar-refractivity contribution is 1.28. The molecule has 0 bridgehead atoms. The minimum atomic E-state index is 0.931. The molecule has 0 N–H and O–H groups in total. The van der Waals surface area contributed by atoms with Crippen molar-refractivity contribution in [3.05, 3.63) is 89.5 Å². The maximum atomic E-state index is 3.97. The van der Waals surface area contributed by atoms with Crippen LogP contribution in [0.1, 0.15) is 30.5 Å². The molecule has 2 heteroatoms. The van der Waals surface area contributed by atoms with E-state index >= 15 is 0 Å². The number of benzene rings is 3. The second-order valence-electron chi connectivity index (χ2n) is 5.96. The van der Waals surface area contributed by atoms with E-state index in [2.05, 4.69) is 88.8 Å². The van der Waals surface area contributed by atoms with Gasteiger partial charge in [0.2, 0.25) is 0 Å². The molecule has 0 aromatic heterocycles. The van der Waals surface area contributed by atoms with Crippen molar-refractivity contribution in [1.82, 2.24) is 0 Å². The minimum absolute atomic E-state index is 0.931. The van der Waals surface area contributed by atoms with Crippen LogP contribution in [0.4, 0.5) is 17.1 Å². The highest BCUT2D eigenvalue weighted by atomic mass is 32.1. The van der Waals surface area contributed by atoms with Crippen LogP contribution in [0.5, 0.6) is 0 Å². The lowest BCUT2D eigenvalue weighted by Crippen LogP contribution is -2.09. The summed E-state index contributed by atoms with van der Waals surface area (Å²) in [5, 5.41) is 2.64. The first kappa shape index (κ1) is 19.3. The predicted molar refractivity (Wildman–Crippen MR) is 122 cm³/mol. The third-order valence-corrected chi connectivity index (χ3v) is 4.23. The second-order valence-corrected chi connectivity index (χ2v) is 6.19. The van der Waals surface area contributed by atoms with Gasteiger partial charge in [-0.1, -0.05) is 30.4 Å². The Labute approximate surface area is 172 Å². The molecule has 134 valence electrons. The van der Waals surface area contributed by atoms with Crippen molar-refractivity contribution in [2.45, 2.75) is 13.8 Å². The van der Waals surface area contributed by atoms with Crippen LogP contribution in [0, 0.1) is 34.9 Å². The molecule has 0 heterocycles. The maximum absolute atomic E-state index is 3.97. The van der Waals surface area contributed by atoms with Gasteiger partial charge in [0.1, 0.15) is 0 Å². The first-order valence-corrected chi connectivity index (χ1v) is 9.31. The molecule has 0 saturated heterocycles. The van der Waals surface area contributed by atoms with Gasteiger partial charge in [0.25, 0.3) is 0 Å². The maximum Gasteiger partial charge on any atom is 0.0462 e. The van der Waals surface area contributed by atoms with Crippen LogP contribution < -0.4 is 4.90 Å². The molecule has 0 aliphatic heterocycles. The summed E-state index contributed by atoms with van der Waals surface area (Å²) in [6, 6.07) is 24.6. The topological polar surface area (TPSA) is 3.24 Å². The molecule has 28 heavy (non-hydrogen) atoms. The fourth-order valence-electron chi connectivity index (χ4n) is 2.88. The third-order valence-electron chi connectivity index (χ3n) is 4.12. The standard InChI is InChI=1S/C26H19NS/c1-3-5-21-7-13-24(14-8-21)27(25-15-9-22(6-4-2)10-16-25)26-17-11-23(12-18-26)19-20-28/h7-18,28H,1-2H3. The molecule has 3 aromatic carbocycles. The molecule has 0 unspecified atom stereocenters. The summed E-state index contributed by atoms with van der Waals surface area (Å²) in [4.78, 5) is 2.20. The van der Waals surface area contributed by atoms with Gasteiger partial charge in [-0.05, 0) is 91.9 Å². The van der Waals surface area contributed by atoms with Gasteiger partial charge in [0.15, 0.2) is 0 Å². The van der Waals surface area contributed by atoms with Crippen LogP contribution in [0.3, 0.4) is 0 Å². The first-order chi connectivity index (χ1) is 13.7. The first-order valence-electron chi connectivity index (χ1n) is 8.86. The predicted octanol–water partition coefficient (Wildman–Crippen LogP) is 6.14. The van der Waals surface area contributed by atoms with Gasteiger partial charge in [-0.15, -0.1) is 11.8 Å². The molecule has 0 atom stereocenters. The van der Waals surface area contributed by atoms with Gasteiger partial charge in [-0.2, -0.15) is 0 Å². The van der Waals surface area contributed by atoms with Crippen molar-refractivity contribution in [3.63, 3.8) is 0 Å². The van der Waals surface area contributed by atoms with Crippen molar-refractivity contribution in [2.24, 2.45) is 0 Å². The van der Waals surface area contributed by atoms with Crippen LogP contribution in [0.25, 0.3) is 0 Å². The van der Waals surface area contributed by atoms with Gasteiger partial charge < -0.3 is 4.90 Å². The molecule has 3 rings (SSSR count). The summed E-state index contributed by atoms with van der Waals surface area (Å²) >= 11 is 3.97. The summed E-state index contributed by atoms with van der Waals surface area (Å²) in [6.07, 6.45) is 0. The van der Waals surface area contributed by atoms with Gasteiger partial charge in [-0.25, -0.2) is 0 Å². The number of rotatable bonds is 3. The molecule has 3 aromatic rings. The SMILES string of the molecule is CC#Cc1ccc(N(c2ccc(C#CC)cc2)c2ccc(C#CS)cc2)cc1. The monoisotopic (exact) mass is 377 g/mol. The van der Waals surface area contributed by atoms with E-state index < -0.39 is 0 Å². The minimum Gasteiger partial charge on any atom is -0.311 e. The van der Waals surface area contributed by atoms with Crippen molar-refractivity contribution in [2.75, 3.05) is 4.90 Å². The smallest absolute Gasteiger partial charge is 0.0462 e. The summed E-state index contributed by atoms with van der Waals surface area (Å²) in [5.74, 6) is 15.0. The Morgan fingerprint density at radius 1 is 0.536 bits per heavy atom. The van der Waals surface area contributed by atoms with Crippen LogP contribution in [0.2, 0.25) is 0 Å². The van der Waals surface area contributed by atoms with Crippen molar-refractivity contribution in [1.29, 1.82) is 0 Å². The molecule has 0 saturated carbocycles. The molecule has 0 aliphatic rings. The molecule has 0 aliphatic carbocycles. The van der Waals surface area contributed by atoms with E-state index in [1.165, 1.54) is 0 Å². The summed E-state index contributed by atoms with van der Waals surface area (Å²) in [6.45, 7) is 3.69. The van der Waals surface area contributed by atoms with Gasteiger partial charge in [0, 0.05) is 33.8 Å². The highest BCUT2D eigenvalue weighted by Crippen LogP contribution is 2.34. The van der Waals surface area contributed by atoms with Crippen LogP contribution in [-0.2, 0) is 0 Å². The average molecular weight is 378 g/mol.